The number of nitrogens with one attached hydrogen (secondary N) is 1. The highest BCUT2D eigenvalue weighted by atomic mass is 35.5. The number of hydrogen-bond acceptors (Lipinski definition) is 7. The molecule has 0 bridgehead atoms. The van der Waals surface area contributed by atoms with Crippen LogP contribution in [0, 0.1) is 11.7 Å². The van der Waals surface area contributed by atoms with Crippen LogP contribution in [0.4, 0.5) is 15.9 Å². The summed E-state index contributed by atoms with van der Waals surface area (Å²) in [5.41, 5.74) is 4.09. The van der Waals surface area contributed by atoms with Gasteiger partial charge >= 0.3 is 5.97 Å². The van der Waals surface area contributed by atoms with E-state index in [0.717, 1.165) is 22.0 Å². The van der Waals surface area contributed by atoms with E-state index in [1.54, 1.807) is 31.2 Å². The molecule has 1 N–H and O–H groups in total. The van der Waals surface area contributed by atoms with Crippen LogP contribution in [0.3, 0.4) is 0 Å². The van der Waals surface area contributed by atoms with Crippen LogP contribution in [0.15, 0.2) is 85.5 Å². The van der Waals surface area contributed by atoms with Crippen LogP contribution in [-0.4, -0.2) is 51.0 Å². The number of benzene rings is 3. The molecule has 1 amide bonds. The predicted molar refractivity (Wildman–Crippen MR) is 174 cm³/mol. The van der Waals surface area contributed by atoms with Crippen molar-refractivity contribution >= 4 is 45.9 Å². The molecule has 0 unspecified atom stereocenters. The van der Waals surface area contributed by atoms with Crippen molar-refractivity contribution in [2.24, 2.45) is 5.92 Å². The minimum Gasteiger partial charge on any atom is -0.487 e. The first kappa shape index (κ1) is 31.0. The van der Waals surface area contributed by atoms with E-state index in [9.17, 15) is 14.0 Å². The summed E-state index contributed by atoms with van der Waals surface area (Å²) in [7, 11) is 0. The number of hydrogen-bond donors (Lipinski definition) is 1. The minimum absolute atomic E-state index is 0.0203. The molecule has 1 saturated heterocycles. The number of fused-ring (bicyclic) bond motifs is 1. The molecular formula is C35H33ClFN5O4. The topological polar surface area (TPSA) is 98.6 Å². The Morgan fingerprint density at radius 1 is 1.02 bits per heavy atom. The fourth-order valence-corrected chi connectivity index (χ4v) is 5.78. The third-order valence-electron chi connectivity index (χ3n) is 7.98. The smallest absolute Gasteiger partial charge is 0.309 e. The van der Waals surface area contributed by atoms with Crippen LogP contribution >= 0.6 is 11.6 Å². The number of amides is 1. The number of carbonyl (C=O) groups is 2. The largest absolute Gasteiger partial charge is 0.487 e. The zero-order valence-electron chi connectivity index (χ0n) is 25.3. The first-order chi connectivity index (χ1) is 22.4. The second-order valence-electron chi connectivity index (χ2n) is 11.1. The summed E-state index contributed by atoms with van der Waals surface area (Å²) in [6.45, 7) is 3.68. The molecule has 236 valence electrons. The molecule has 2 aromatic heterocycles. The second kappa shape index (κ2) is 14.0. The number of anilines is 2. The van der Waals surface area contributed by atoms with Crippen LogP contribution in [-0.2, 0) is 27.5 Å². The number of esters is 1. The van der Waals surface area contributed by atoms with Crippen LogP contribution < -0.4 is 10.1 Å². The van der Waals surface area contributed by atoms with Crippen molar-refractivity contribution < 1.29 is 23.5 Å². The van der Waals surface area contributed by atoms with E-state index in [4.69, 9.17) is 21.1 Å². The Morgan fingerprint density at radius 2 is 1.87 bits per heavy atom. The average molecular weight is 642 g/mol. The van der Waals surface area contributed by atoms with Crippen LogP contribution in [0.5, 0.6) is 5.75 Å². The Balaban J connectivity index is 1.12. The van der Waals surface area contributed by atoms with E-state index in [0.29, 0.717) is 60.4 Å². The summed E-state index contributed by atoms with van der Waals surface area (Å²) >= 11 is 6.52. The van der Waals surface area contributed by atoms with Gasteiger partial charge in [0.1, 0.15) is 36.9 Å². The van der Waals surface area contributed by atoms with Gasteiger partial charge in [0.15, 0.2) is 0 Å². The average Bonchev–Trinajstić information content (AvgIpc) is 3.53. The highest BCUT2D eigenvalue weighted by Gasteiger charge is 2.28. The lowest BCUT2D eigenvalue weighted by molar-refractivity contribution is -0.151. The quantitative estimate of drug-likeness (QED) is 0.164. The number of halogens is 2. The summed E-state index contributed by atoms with van der Waals surface area (Å²) in [5.74, 6) is 0.482. The highest BCUT2D eigenvalue weighted by Crippen LogP contribution is 2.32. The number of rotatable bonds is 10. The van der Waals surface area contributed by atoms with Gasteiger partial charge in [-0.25, -0.2) is 14.4 Å². The molecule has 11 heteroatoms. The van der Waals surface area contributed by atoms with Crippen molar-refractivity contribution in [1.29, 1.82) is 0 Å². The van der Waals surface area contributed by atoms with Gasteiger partial charge in [-0.05, 0) is 85.0 Å². The molecule has 5 aromatic rings. The summed E-state index contributed by atoms with van der Waals surface area (Å²) < 4.78 is 26.3. The summed E-state index contributed by atoms with van der Waals surface area (Å²) in [6.07, 6.45) is 6.59. The van der Waals surface area contributed by atoms with Gasteiger partial charge in [0, 0.05) is 36.6 Å². The molecule has 0 radical (unpaired) electrons. The Bertz CT molecular complexity index is 1870. The van der Waals surface area contributed by atoms with E-state index >= 15 is 0 Å². The van der Waals surface area contributed by atoms with Gasteiger partial charge in [-0.15, -0.1) is 0 Å². The van der Waals surface area contributed by atoms with Crippen molar-refractivity contribution in [2.45, 2.75) is 32.9 Å². The number of ether oxygens (including phenoxy) is 2. The maximum Gasteiger partial charge on any atom is 0.309 e. The van der Waals surface area contributed by atoms with Crippen molar-refractivity contribution in [3.8, 4) is 16.9 Å². The number of piperidine rings is 1. The lowest BCUT2D eigenvalue weighted by Crippen LogP contribution is -2.42. The molecular weight excluding hydrogens is 609 g/mol. The van der Waals surface area contributed by atoms with E-state index in [1.165, 1.54) is 18.5 Å². The molecule has 0 spiro atoms. The fourth-order valence-electron chi connectivity index (χ4n) is 5.55. The molecule has 0 atom stereocenters. The second-order valence-corrected chi connectivity index (χ2v) is 11.5. The monoisotopic (exact) mass is 641 g/mol. The van der Waals surface area contributed by atoms with Crippen molar-refractivity contribution in [2.75, 3.05) is 25.0 Å². The number of carbonyl (C=O) groups excluding carboxylic acids is 2. The van der Waals surface area contributed by atoms with Gasteiger partial charge in [-0.1, -0.05) is 29.8 Å². The third-order valence-corrected chi connectivity index (χ3v) is 8.28. The summed E-state index contributed by atoms with van der Waals surface area (Å²) in [5, 5.41) is 4.55. The standard InChI is InChI=1S/C35H33ClFN5O4/c1-2-45-35(44)24-11-14-42(15-12-24)33(43)20-41-13-10-26(19-41)25-6-8-31-29(17-25)34(39-22-38-31)40-28-7-9-32(30(36)18-28)46-21-23-4-3-5-27(37)16-23/h3-10,13,16-19,22,24H,2,11-12,14-15,20-21H2,1H3,(H,38,39,40). The van der Waals surface area contributed by atoms with Crippen LogP contribution in [0.25, 0.3) is 22.0 Å². The van der Waals surface area contributed by atoms with Gasteiger partial charge in [0.05, 0.1) is 23.1 Å². The molecule has 6 rings (SSSR count). The first-order valence-electron chi connectivity index (χ1n) is 15.2. The SMILES string of the molecule is CCOC(=O)C1CCN(C(=O)Cn2ccc(-c3ccc4ncnc(Nc5ccc(OCc6cccc(F)c6)c(Cl)c5)c4c3)c2)CC1. The lowest BCUT2D eigenvalue weighted by Gasteiger charge is -2.31. The molecule has 0 saturated carbocycles. The third kappa shape index (κ3) is 7.29. The maximum atomic E-state index is 13.5. The Labute approximate surface area is 270 Å². The molecule has 3 heterocycles. The molecule has 9 nitrogen and oxygen atoms in total. The van der Waals surface area contributed by atoms with E-state index < -0.39 is 0 Å². The first-order valence-corrected chi connectivity index (χ1v) is 15.5. The number of likely N-dealkylation sites (tertiary alicyclic amines) is 1. The van der Waals surface area contributed by atoms with Crippen molar-refractivity contribution in [3.63, 3.8) is 0 Å². The van der Waals surface area contributed by atoms with Gasteiger partial charge < -0.3 is 24.3 Å². The van der Waals surface area contributed by atoms with Gasteiger partial charge in [-0.3, -0.25) is 9.59 Å². The van der Waals surface area contributed by atoms with Crippen LogP contribution in [0.2, 0.25) is 5.02 Å². The Kier molecular flexibility index (Phi) is 9.44. The number of aromatic nitrogens is 3. The fraction of sp³-hybridized carbons (Fsp3) is 0.257. The summed E-state index contributed by atoms with van der Waals surface area (Å²) in [6, 6.07) is 19.5. The highest BCUT2D eigenvalue weighted by molar-refractivity contribution is 6.32. The molecule has 3 aromatic carbocycles. The van der Waals surface area contributed by atoms with Crippen molar-refractivity contribution in [1.82, 2.24) is 19.4 Å². The molecule has 1 aliphatic heterocycles. The summed E-state index contributed by atoms with van der Waals surface area (Å²) in [4.78, 5) is 35.8. The van der Waals surface area contributed by atoms with Gasteiger partial charge in [0.25, 0.3) is 0 Å². The molecule has 46 heavy (non-hydrogen) atoms. The molecule has 1 aliphatic rings. The zero-order valence-corrected chi connectivity index (χ0v) is 26.0. The number of nitrogens with zero attached hydrogens (tertiary/aromatic N) is 4. The predicted octanol–water partition coefficient (Wildman–Crippen LogP) is 7.02. The Morgan fingerprint density at radius 3 is 2.65 bits per heavy atom. The Hall–Kier alpha value is -4.96. The van der Waals surface area contributed by atoms with E-state index in [-0.39, 0.29) is 36.8 Å². The van der Waals surface area contributed by atoms with Crippen LogP contribution in [0.1, 0.15) is 25.3 Å². The van der Waals surface area contributed by atoms with Crippen molar-refractivity contribution in [3.05, 3.63) is 102 Å². The lowest BCUT2D eigenvalue weighted by atomic mass is 9.97. The molecule has 0 aliphatic carbocycles. The zero-order chi connectivity index (χ0) is 32.0. The molecule has 1 fully saturated rings. The maximum absolute atomic E-state index is 13.5. The van der Waals surface area contributed by atoms with E-state index in [1.807, 2.05) is 52.2 Å². The van der Waals surface area contributed by atoms with Gasteiger partial charge in [0.2, 0.25) is 5.91 Å². The van der Waals surface area contributed by atoms with E-state index in [2.05, 4.69) is 15.3 Å². The minimum atomic E-state index is -0.319. The van der Waals surface area contributed by atoms with Gasteiger partial charge in [-0.2, -0.15) is 0 Å². The normalized spacial score (nSPS) is 13.5.